The number of halogens is 3. The highest BCUT2D eigenvalue weighted by atomic mass is 32.2. The molecule has 0 spiro atoms. The van der Waals surface area contributed by atoms with Crippen LogP contribution in [0.3, 0.4) is 0 Å². The minimum atomic E-state index is -4.49. The molecule has 1 aromatic heterocycles. The van der Waals surface area contributed by atoms with Crippen LogP contribution >= 0.6 is 11.3 Å². The summed E-state index contributed by atoms with van der Waals surface area (Å²) in [5, 5.41) is 0.978. The van der Waals surface area contributed by atoms with Crippen LogP contribution in [0.15, 0.2) is 5.38 Å². The lowest BCUT2D eigenvalue weighted by Gasteiger charge is -2.11. The first-order chi connectivity index (χ1) is 7.10. The molecule has 0 unspecified atom stereocenters. The maximum atomic E-state index is 12.2. The lowest BCUT2D eigenvalue weighted by atomic mass is 10.5. The minimum Gasteiger partial charge on any atom is -0.235 e. The monoisotopic (exact) mass is 274 g/mol. The molecule has 0 fully saturated rings. The van der Waals surface area contributed by atoms with Gasteiger partial charge in [0.2, 0.25) is 10.0 Å². The second-order valence-electron chi connectivity index (χ2n) is 3.14. The van der Waals surface area contributed by atoms with E-state index in [0.717, 1.165) is 27.3 Å². The van der Waals surface area contributed by atoms with Gasteiger partial charge in [-0.1, -0.05) is 0 Å². The normalized spacial score (nSPS) is 13.4. The fourth-order valence-electron chi connectivity index (χ4n) is 0.821. The van der Waals surface area contributed by atoms with Gasteiger partial charge in [-0.3, -0.25) is 0 Å². The summed E-state index contributed by atoms with van der Waals surface area (Å²) in [4.78, 5) is 3.32. The number of alkyl halides is 3. The molecule has 1 rings (SSSR count). The van der Waals surface area contributed by atoms with Crippen molar-refractivity contribution in [2.45, 2.75) is 12.7 Å². The molecule has 1 heterocycles. The van der Waals surface area contributed by atoms with Crippen LogP contribution in [0.2, 0.25) is 0 Å². The maximum Gasteiger partial charge on any atom is 0.434 e. The Morgan fingerprint density at radius 3 is 2.44 bits per heavy atom. The van der Waals surface area contributed by atoms with Gasteiger partial charge < -0.3 is 0 Å². The number of hydrogen-bond donors (Lipinski definition) is 0. The summed E-state index contributed by atoms with van der Waals surface area (Å²) in [7, 11) is -2.13. The van der Waals surface area contributed by atoms with E-state index in [1.807, 2.05) is 0 Å². The summed E-state index contributed by atoms with van der Waals surface area (Å²) in [5.41, 5.74) is -0.991. The molecule has 0 aliphatic carbocycles. The summed E-state index contributed by atoms with van der Waals surface area (Å²) >= 11 is 0.784. The van der Waals surface area contributed by atoms with Crippen molar-refractivity contribution in [3.05, 3.63) is 16.1 Å². The van der Waals surface area contributed by atoms with Crippen molar-refractivity contribution in [1.29, 1.82) is 0 Å². The molecule has 1 aromatic rings. The number of hydrogen-bond acceptors (Lipinski definition) is 4. The first-order valence-electron chi connectivity index (χ1n) is 4.03. The fraction of sp³-hybridized carbons (Fsp3) is 0.571. The Hall–Kier alpha value is -0.670. The van der Waals surface area contributed by atoms with Crippen LogP contribution in [-0.2, 0) is 22.7 Å². The smallest absolute Gasteiger partial charge is 0.235 e. The van der Waals surface area contributed by atoms with Crippen molar-refractivity contribution < 1.29 is 21.6 Å². The van der Waals surface area contributed by atoms with Crippen molar-refractivity contribution in [3.8, 4) is 0 Å². The van der Waals surface area contributed by atoms with Crippen molar-refractivity contribution in [1.82, 2.24) is 9.29 Å². The molecule has 0 amide bonds. The van der Waals surface area contributed by atoms with Crippen LogP contribution in [0.4, 0.5) is 13.2 Å². The summed E-state index contributed by atoms with van der Waals surface area (Å²) in [5.74, 6) is 0. The molecular formula is C7H9F3N2O2S2. The van der Waals surface area contributed by atoms with E-state index in [1.165, 1.54) is 7.05 Å². The third-order valence-corrected chi connectivity index (χ3v) is 3.86. The SMILES string of the molecule is CN(Cc1nc(C(F)(F)F)cs1)S(C)(=O)=O. The van der Waals surface area contributed by atoms with E-state index >= 15 is 0 Å². The predicted octanol–water partition coefficient (Wildman–Crippen LogP) is 1.55. The van der Waals surface area contributed by atoms with Gasteiger partial charge in [0.05, 0.1) is 12.8 Å². The van der Waals surface area contributed by atoms with Gasteiger partial charge in [-0.2, -0.15) is 17.5 Å². The van der Waals surface area contributed by atoms with Crippen molar-refractivity contribution >= 4 is 21.4 Å². The van der Waals surface area contributed by atoms with E-state index in [-0.39, 0.29) is 11.6 Å². The van der Waals surface area contributed by atoms with E-state index in [0.29, 0.717) is 0 Å². The van der Waals surface area contributed by atoms with Gasteiger partial charge in [-0.25, -0.2) is 13.4 Å². The fourth-order valence-corrected chi connectivity index (χ4v) is 2.11. The molecule has 0 atom stereocenters. The molecule has 0 saturated heterocycles. The van der Waals surface area contributed by atoms with Gasteiger partial charge in [0.25, 0.3) is 0 Å². The first-order valence-corrected chi connectivity index (χ1v) is 6.76. The molecule has 0 radical (unpaired) electrons. The van der Waals surface area contributed by atoms with Crippen molar-refractivity contribution in [3.63, 3.8) is 0 Å². The average Bonchev–Trinajstić information content (AvgIpc) is 2.49. The largest absolute Gasteiger partial charge is 0.434 e. The zero-order valence-electron chi connectivity index (χ0n) is 8.45. The summed E-state index contributed by atoms with van der Waals surface area (Å²) < 4.78 is 59.5. The van der Waals surface area contributed by atoms with Crippen molar-refractivity contribution in [2.24, 2.45) is 0 Å². The number of aromatic nitrogens is 1. The van der Waals surface area contributed by atoms with Gasteiger partial charge >= 0.3 is 6.18 Å². The first kappa shape index (κ1) is 13.4. The number of thiazole rings is 1. The minimum absolute atomic E-state index is 0.111. The number of sulfonamides is 1. The van der Waals surface area contributed by atoms with Crippen molar-refractivity contribution in [2.75, 3.05) is 13.3 Å². The summed E-state index contributed by atoms with van der Waals surface area (Å²) in [6.07, 6.45) is -3.51. The highest BCUT2D eigenvalue weighted by Gasteiger charge is 2.33. The standard InChI is InChI=1S/C7H9F3N2O2S2/c1-12(16(2,13)14)3-6-11-5(4-15-6)7(8,9)10/h4H,3H2,1-2H3. The molecule has 92 valence electrons. The summed E-state index contributed by atoms with van der Waals surface area (Å²) in [6.45, 7) is -0.153. The molecule has 0 saturated carbocycles. The van der Waals surface area contributed by atoms with Crippen LogP contribution in [0.1, 0.15) is 10.7 Å². The maximum absolute atomic E-state index is 12.2. The third kappa shape index (κ3) is 3.42. The molecule has 0 aliphatic heterocycles. The molecule has 0 N–H and O–H groups in total. The molecule has 9 heteroatoms. The van der Waals surface area contributed by atoms with E-state index < -0.39 is 21.9 Å². The lowest BCUT2D eigenvalue weighted by molar-refractivity contribution is -0.140. The van der Waals surface area contributed by atoms with Crippen LogP contribution in [0.25, 0.3) is 0 Å². The average molecular weight is 274 g/mol. The Morgan fingerprint density at radius 2 is 2.06 bits per heavy atom. The van der Waals surface area contributed by atoms with Crippen LogP contribution in [0.5, 0.6) is 0 Å². The second-order valence-corrected chi connectivity index (χ2v) is 6.18. The Kier molecular flexibility index (Phi) is 3.60. The molecule has 4 nitrogen and oxygen atoms in total. The van der Waals surface area contributed by atoms with Gasteiger partial charge in [-0.05, 0) is 0 Å². The second kappa shape index (κ2) is 4.30. The van der Waals surface area contributed by atoms with E-state index in [1.54, 1.807) is 0 Å². The summed E-state index contributed by atoms with van der Waals surface area (Å²) in [6, 6.07) is 0. The zero-order chi connectivity index (χ0) is 12.6. The molecule has 0 aliphatic rings. The molecule has 16 heavy (non-hydrogen) atoms. The lowest BCUT2D eigenvalue weighted by Crippen LogP contribution is -2.24. The van der Waals surface area contributed by atoms with Crippen LogP contribution in [-0.4, -0.2) is 31.0 Å². The molecule has 0 aromatic carbocycles. The van der Waals surface area contributed by atoms with E-state index in [9.17, 15) is 21.6 Å². The Morgan fingerprint density at radius 1 is 1.50 bits per heavy atom. The Labute approximate surface area is 94.8 Å². The van der Waals surface area contributed by atoms with E-state index in [2.05, 4.69) is 4.98 Å². The zero-order valence-corrected chi connectivity index (χ0v) is 10.1. The van der Waals surface area contributed by atoms with Gasteiger partial charge in [-0.15, -0.1) is 11.3 Å². The third-order valence-electron chi connectivity index (χ3n) is 1.77. The van der Waals surface area contributed by atoms with Gasteiger partial charge in [0.1, 0.15) is 5.01 Å². The van der Waals surface area contributed by atoms with Crippen LogP contribution in [0, 0.1) is 0 Å². The van der Waals surface area contributed by atoms with E-state index in [4.69, 9.17) is 0 Å². The number of nitrogens with zero attached hydrogens (tertiary/aromatic N) is 2. The predicted molar refractivity (Wildman–Crippen MR) is 53.4 cm³/mol. The van der Waals surface area contributed by atoms with Gasteiger partial charge in [0, 0.05) is 12.4 Å². The highest BCUT2D eigenvalue weighted by molar-refractivity contribution is 7.88. The van der Waals surface area contributed by atoms with Gasteiger partial charge in [0.15, 0.2) is 5.69 Å². The number of rotatable bonds is 3. The van der Waals surface area contributed by atoms with Crippen LogP contribution < -0.4 is 0 Å². The molecule has 0 bridgehead atoms. The molecular weight excluding hydrogens is 265 g/mol. The Balaban J connectivity index is 2.81. The Bertz CT molecular complexity index is 466. The highest BCUT2D eigenvalue weighted by Crippen LogP contribution is 2.30. The topological polar surface area (TPSA) is 50.3 Å². The quantitative estimate of drug-likeness (QED) is 0.840.